The average molecular weight is 614 g/mol. The van der Waals surface area contributed by atoms with Crippen molar-refractivity contribution in [2.45, 2.75) is 56.1 Å². The summed E-state index contributed by atoms with van der Waals surface area (Å²) in [6, 6.07) is 18.7. The third-order valence-corrected chi connectivity index (χ3v) is 9.38. The van der Waals surface area contributed by atoms with Crippen molar-refractivity contribution in [2.24, 2.45) is 0 Å². The van der Waals surface area contributed by atoms with Crippen LogP contribution in [0.25, 0.3) is 0 Å². The predicted molar refractivity (Wildman–Crippen MR) is 162 cm³/mol. The number of nitrogens with zero attached hydrogens (tertiary/aromatic N) is 2. The third-order valence-electron chi connectivity index (χ3n) is 7.38. The number of sulfonamides is 1. The lowest BCUT2D eigenvalue weighted by Gasteiger charge is -2.33. The number of halogens is 1. The fraction of sp³-hybridized carbons (Fsp3) is 0.355. The molecule has 1 aliphatic rings. The Morgan fingerprint density at radius 3 is 2.33 bits per heavy atom. The van der Waals surface area contributed by atoms with Gasteiger partial charge in [-0.05, 0) is 61.7 Å². The average Bonchev–Trinajstić information content (AvgIpc) is 3.51. The van der Waals surface area contributed by atoms with Crippen LogP contribution >= 0.6 is 11.6 Å². The highest BCUT2D eigenvalue weighted by molar-refractivity contribution is 7.92. The maximum absolute atomic E-state index is 14.2. The molecule has 1 unspecified atom stereocenters. The van der Waals surface area contributed by atoms with Crippen LogP contribution in [0.1, 0.15) is 38.2 Å². The molecule has 224 valence electrons. The number of rotatable bonds is 12. The van der Waals surface area contributed by atoms with Crippen molar-refractivity contribution in [3.8, 4) is 11.5 Å². The second-order valence-electron chi connectivity index (χ2n) is 10.2. The molecule has 3 aromatic rings. The van der Waals surface area contributed by atoms with Crippen molar-refractivity contribution >= 4 is 39.1 Å². The van der Waals surface area contributed by atoms with Gasteiger partial charge in [-0.2, -0.15) is 0 Å². The summed E-state index contributed by atoms with van der Waals surface area (Å²) in [4.78, 5) is 28.9. The van der Waals surface area contributed by atoms with Crippen molar-refractivity contribution in [3.63, 3.8) is 0 Å². The molecule has 0 bridgehead atoms. The molecule has 1 N–H and O–H groups in total. The van der Waals surface area contributed by atoms with Gasteiger partial charge in [0.25, 0.3) is 10.0 Å². The molecule has 2 amide bonds. The van der Waals surface area contributed by atoms with Crippen LogP contribution in [0.2, 0.25) is 5.02 Å². The van der Waals surface area contributed by atoms with Gasteiger partial charge in [0.05, 0.1) is 24.8 Å². The molecule has 9 nitrogen and oxygen atoms in total. The van der Waals surface area contributed by atoms with E-state index in [4.69, 9.17) is 21.1 Å². The third kappa shape index (κ3) is 7.35. The van der Waals surface area contributed by atoms with Crippen LogP contribution in [0.3, 0.4) is 0 Å². The van der Waals surface area contributed by atoms with E-state index in [0.717, 1.165) is 30.0 Å². The second kappa shape index (κ2) is 13.9. The van der Waals surface area contributed by atoms with Crippen molar-refractivity contribution in [3.05, 3.63) is 83.4 Å². The number of carbonyl (C=O) groups is 2. The quantitative estimate of drug-likeness (QED) is 0.307. The lowest BCUT2D eigenvalue weighted by molar-refractivity contribution is -0.139. The number of methoxy groups -OCH3 is 2. The second-order valence-corrected chi connectivity index (χ2v) is 12.5. The number of carbonyl (C=O) groups excluding carboxylic acids is 2. The highest BCUT2D eigenvalue weighted by Crippen LogP contribution is 2.36. The van der Waals surface area contributed by atoms with Crippen LogP contribution in [-0.4, -0.2) is 58.0 Å². The van der Waals surface area contributed by atoms with Gasteiger partial charge in [0, 0.05) is 23.7 Å². The Morgan fingerprint density at radius 2 is 1.69 bits per heavy atom. The topological polar surface area (TPSA) is 105 Å². The molecule has 4 rings (SSSR count). The van der Waals surface area contributed by atoms with Crippen LogP contribution in [0, 0.1) is 0 Å². The smallest absolute Gasteiger partial charge is 0.264 e. The predicted octanol–water partition coefficient (Wildman–Crippen LogP) is 5.03. The van der Waals surface area contributed by atoms with Gasteiger partial charge in [-0.25, -0.2) is 8.42 Å². The number of benzene rings is 3. The standard InChI is InChI=1S/C31H36ClN3O6S/c1-22(31(37)33-25-12-7-8-13-25)34(20-23-10-9-11-24(32)18-23)30(36)21-35(42(38,39)27-14-5-4-6-15-27)28-19-26(40-2)16-17-29(28)41-3/h4-6,9-11,14-19,22,25H,7-8,12-13,20-21H2,1-3H3,(H,33,37). The number of ether oxygens (including phenoxy) is 2. The minimum Gasteiger partial charge on any atom is -0.497 e. The van der Waals surface area contributed by atoms with E-state index in [2.05, 4.69) is 5.32 Å². The number of nitrogens with one attached hydrogen (secondary N) is 1. The number of amides is 2. The highest BCUT2D eigenvalue weighted by atomic mass is 35.5. The van der Waals surface area contributed by atoms with E-state index in [9.17, 15) is 18.0 Å². The first-order valence-electron chi connectivity index (χ1n) is 13.8. The molecule has 1 atom stereocenters. The van der Waals surface area contributed by atoms with E-state index in [-0.39, 0.29) is 34.8 Å². The normalized spacial score (nSPS) is 14.2. The van der Waals surface area contributed by atoms with Gasteiger partial charge in [-0.3, -0.25) is 13.9 Å². The number of hydrogen-bond acceptors (Lipinski definition) is 6. The lowest BCUT2D eigenvalue weighted by atomic mass is 10.1. The summed E-state index contributed by atoms with van der Waals surface area (Å²) < 4.78 is 40.0. The first kappa shape index (κ1) is 31.2. The fourth-order valence-corrected chi connectivity index (χ4v) is 6.68. The Labute approximate surface area is 252 Å². The molecule has 0 aromatic heterocycles. The van der Waals surface area contributed by atoms with E-state index in [0.29, 0.717) is 16.3 Å². The SMILES string of the molecule is COc1ccc(OC)c(N(CC(=O)N(Cc2cccc(Cl)c2)C(C)C(=O)NC2CCCC2)S(=O)(=O)c2ccccc2)c1. The van der Waals surface area contributed by atoms with E-state index in [1.54, 1.807) is 61.5 Å². The van der Waals surface area contributed by atoms with Crippen LogP contribution in [-0.2, 0) is 26.2 Å². The van der Waals surface area contributed by atoms with Gasteiger partial charge in [0.15, 0.2) is 0 Å². The maximum Gasteiger partial charge on any atom is 0.264 e. The zero-order chi connectivity index (χ0) is 30.3. The number of anilines is 1. The van der Waals surface area contributed by atoms with E-state index >= 15 is 0 Å². The van der Waals surface area contributed by atoms with E-state index in [1.807, 2.05) is 0 Å². The molecule has 1 saturated carbocycles. The van der Waals surface area contributed by atoms with Gasteiger partial charge in [-0.1, -0.05) is 54.8 Å². The lowest BCUT2D eigenvalue weighted by Crippen LogP contribution is -2.52. The monoisotopic (exact) mass is 613 g/mol. The summed E-state index contributed by atoms with van der Waals surface area (Å²) in [6.07, 6.45) is 3.86. The summed E-state index contributed by atoms with van der Waals surface area (Å²) in [6.45, 7) is 1.10. The molecule has 3 aromatic carbocycles. The Hall–Kier alpha value is -3.76. The molecule has 11 heteroatoms. The molecule has 0 radical (unpaired) electrons. The zero-order valence-corrected chi connectivity index (χ0v) is 25.5. The molecule has 1 fully saturated rings. The molecule has 0 spiro atoms. The summed E-state index contributed by atoms with van der Waals surface area (Å²) in [7, 11) is -1.38. The molecule has 1 aliphatic carbocycles. The summed E-state index contributed by atoms with van der Waals surface area (Å²) in [5.74, 6) is -0.259. The zero-order valence-electron chi connectivity index (χ0n) is 24.0. The Balaban J connectivity index is 1.75. The highest BCUT2D eigenvalue weighted by Gasteiger charge is 2.34. The molecule has 0 saturated heterocycles. The Kier molecular flexibility index (Phi) is 10.3. The van der Waals surface area contributed by atoms with E-state index < -0.39 is 28.5 Å². The van der Waals surface area contributed by atoms with Crippen molar-refractivity contribution in [1.29, 1.82) is 0 Å². The molecular weight excluding hydrogens is 578 g/mol. The minimum atomic E-state index is -4.26. The van der Waals surface area contributed by atoms with Gasteiger partial charge in [-0.15, -0.1) is 0 Å². The molecule has 0 heterocycles. The van der Waals surface area contributed by atoms with Gasteiger partial charge in [0.2, 0.25) is 11.8 Å². The summed E-state index contributed by atoms with van der Waals surface area (Å²) >= 11 is 6.22. The van der Waals surface area contributed by atoms with Crippen LogP contribution in [0.15, 0.2) is 77.7 Å². The van der Waals surface area contributed by atoms with Crippen LogP contribution in [0.4, 0.5) is 5.69 Å². The van der Waals surface area contributed by atoms with Gasteiger partial charge >= 0.3 is 0 Å². The van der Waals surface area contributed by atoms with Crippen molar-refractivity contribution in [1.82, 2.24) is 10.2 Å². The first-order valence-corrected chi connectivity index (χ1v) is 15.6. The Bertz CT molecular complexity index is 1500. The van der Waals surface area contributed by atoms with Gasteiger partial charge < -0.3 is 19.7 Å². The molecular formula is C31H36ClN3O6S. The largest absolute Gasteiger partial charge is 0.497 e. The van der Waals surface area contributed by atoms with Crippen molar-refractivity contribution in [2.75, 3.05) is 25.1 Å². The van der Waals surface area contributed by atoms with Crippen LogP contribution in [0.5, 0.6) is 11.5 Å². The van der Waals surface area contributed by atoms with Gasteiger partial charge in [0.1, 0.15) is 24.1 Å². The number of hydrogen-bond donors (Lipinski definition) is 1. The first-order chi connectivity index (χ1) is 20.1. The minimum absolute atomic E-state index is 0.00362. The van der Waals surface area contributed by atoms with Crippen molar-refractivity contribution < 1.29 is 27.5 Å². The summed E-state index contributed by atoms with van der Waals surface area (Å²) in [5.41, 5.74) is 0.826. The molecule has 0 aliphatic heterocycles. The summed E-state index contributed by atoms with van der Waals surface area (Å²) in [5, 5.41) is 3.54. The van der Waals surface area contributed by atoms with Crippen LogP contribution < -0.4 is 19.1 Å². The molecule has 42 heavy (non-hydrogen) atoms. The maximum atomic E-state index is 14.2. The Morgan fingerprint density at radius 1 is 0.976 bits per heavy atom. The fourth-order valence-electron chi connectivity index (χ4n) is 5.03. The van der Waals surface area contributed by atoms with E-state index in [1.165, 1.54) is 37.3 Å².